The monoisotopic (exact) mass is 332 g/mol. The molecule has 1 aliphatic rings. The molecule has 0 spiro atoms. The van der Waals surface area contributed by atoms with Gasteiger partial charge in [-0.05, 0) is 31.7 Å². The third-order valence-corrected chi connectivity index (χ3v) is 4.90. The van der Waals surface area contributed by atoms with Crippen molar-refractivity contribution >= 4 is 23.3 Å². The second kappa shape index (κ2) is 7.61. The number of nitrogens with zero attached hydrogens (tertiary/aromatic N) is 2. The molecule has 0 bridgehead atoms. The van der Waals surface area contributed by atoms with Crippen molar-refractivity contribution in [1.82, 2.24) is 4.90 Å². The normalized spacial score (nSPS) is 18.6. The van der Waals surface area contributed by atoms with E-state index in [9.17, 15) is 14.9 Å². The molecule has 0 aromatic heterocycles. The number of ketones is 1. The van der Waals surface area contributed by atoms with Crippen LogP contribution in [0.15, 0.2) is 30.3 Å². The smallest absolute Gasteiger partial charge is 0.251 e. The molecule has 4 nitrogen and oxygen atoms in total. The Morgan fingerprint density at radius 1 is 1.26 bits per heavy atom. The summed E-state index contributed by atoms with van der Waals surface area (Å²) in [5.74, 6) is -1.45. The Labute approximate surface area is 142 Å². The second-order valence-corrected chi connectivity index (χ2v) is 6.26. The summed E-state index contributed by atoms with van der Waals surface area (Å²) in [4.78, 5) is 27.2. The molecular weight excluding hydrogens is 312 g/mol. The van der Waals surface area contributed by atoms with Crippen LogP contribution in [0.2, 0.25) is 0 Å². The minimum Gasteiger partial charge on any atom is -0.341 e. The summed E-state index contributed by atoms with van der Waals surface area (Å²) in [6, 6.07) is 11.2. The van der Waals surface area contributed by atoms with E-state index in [1.165, 1.54) is 6.92 Å². The van der Waals surface area contributed by atoms with Gasteiger partial charge >= 0.3 is 0 Å². The molecule has 1 saturated heterocycles. The van der Waals surface area contributed by atoms with Gasteiger partial charge in [-0.25, -0.2) is 0 Å². The fraction of sp³-hybridized carbons (Fsp3) is 0.500. The molecular formula is C18H21ClN2O2. The average Bonchev–Trinajstić information content (AvgIpc) is 2.60. The van der Waals surface area contributed by atoms with Gasteiger partial charge in [0.05, 0.1) is 6.07 Å². The Balaban J connectivity index is 2.47. The van der Waals surface area contributed by atoms with Gasteiger partial charge in [-0.2, -0.15) is 5.26 Å². The third kappa shape index (κ3) is 3.25. The summed E-state index contributed by atoms with van der Waals surface area (Å²) in [5, 5.41) is 9.83. The highest BCUT2D eigenvalue weighted by atomic mass is 35.5. The molecule has 1 amide bonds. The summed E-state index contributed by atoms with van der Waals surface area (Å²) in [6.45, 7) is 2.51. The van der Waals surface area contributed by atoms with Crippen LogP contribution in [0.5, 0.6) is 0 Å². The Morgan fingerprint density at radius 2 is 1.87 bits per heavy atom. The minimum atomic E-state index is -1.75. The fourth-order valence-corrected chi connectivity index (χ4v) is 3.65. The Hall–Kier alpha value is -1.86. The number of amides is 1. The lowest BCUT2D eigenvalue weighted by atomic mass is 9.70. The van der Waals surface area contributed by atoms with Crippen LogP contribution in [-0.2, 0) is 9.59 Å². The van der Waals surface area contributed by atoms with E-state index in [0.29, 0.717) is 13.1 Å². The van der Waals surface area contributed by atoms with E-state index in [1.54, 1.807) is 4.90 Å². The van der Waals surface area contributed by atoms with Crippen LogP contribution in [0.4, 0.5) is 0 Å². The van der Waals surface area contributed by atoms with E-state index in [4.69, 9.17) is 11.6 Å². The lowest BCUT2D eigenvalue weighted by Crippen LogP contribution is -2.52. The number of benzene rings is 1. The van der Waals surface area contributed by atoms with Crippen molar-refractivity contribution in [2.75, 3.05) is 19.0 Å². The maximum atomic E-state index is 13.1. The number of Topliss-reactive ketones (excluding diaryl/α,β-unsaturated/α-hetero) is 1. The maximum Gasteiger partial charge on any atom is 0.251 e. The number of hydrogen-bond acceptors (Lipinski definition) is 3. The van der Waals surface area contributed by atoms with E-state index in [2.05, 4.69) is 0 Å². The molecule has 1 aromatic carbocycles. The molecule has 0 aliphatic carbocycles. The van der Waals surface area contributed by atoms with E-state index in [0.717, 1.165) is 24.8 Å². The summed E-state index contributed by atoms with van der Waals surface area (Å²) < 4.78 is 0. The number of carbonyl (C=O) groups excluding carboxylic acids is 2. The molecule has 5 heteroatoms. The number of hydrogen-bond donors (Lipinski definition) is 0. The molecule has 1 aliphatic heterocycles. The van der Waals surface area contributed by atoms with Crippen molar-refractivity contribution < 1.29 is 9.59 Å². The van der Waals surface area contributed by atoms with Gasteiger partial charge in [0.1, 0.15) is 0 Å². The number of halogens is 1. The molecule has 1 aromatic rings. The summed E-state index contributed by atoms with van der Waals surface area (Å²) in [7, 11) is 0. The van der Waals surface area contributed by atoms with Crippen molar-refractivity contribution in [2.45, 2.75) is 32.1 Å². The van der Waals surface area contributed by atoms with Gasteiger partial charge in [0.2, 0.25) is 5.41 Å². The highest BCUT2D eigenvalue weighted by Crippen LogP contribution is 2.40. The Bertz CT molecular complexity index is 605. The second-order valence-electron chi connectivity index (χ2n) is 5.95. The van der Waals surface area contributed by atoms with Crippen molar-refractivity contribution in [1.29, 1.82) is 5.26 Å². The molecule has 1 heterocycles. The van der Waals surface area contributed by atoms with Crippen LogP contribution in [0.25, 0.3) is 0 Å². The lowest BCUT2D eigenvalue weighted by molar-refractivity contribution is -0.147. The molecule has 23 heavy (non-hydrogen) atoms. The first-order valence-electron chi connectivity index (χ1n) is 7.90. The lowest BCUT2D eigenvalue weighted by Gasteiger charge is -2.37. The van der Waals surface area contributed by atoms with Crippen LogP contribution in [0.3, 0.4) is 0 Å². The van der Waals surface area contributed by atoms with E-state index in [-0.39, 0.29) is 5.88 Å². The number of rotatable bonds is 5. The van der Waals surface area contributed by atoms with Gasteiger partial charge in [0.25, 0.3) is 5.91 Å². The molecule has 122 valence electrons. The SMILES string of the molecule is CC(=O)C(C#N)(C(=O)N1CCCCC1)C(CCl)c1ccccc1. The van der Waals surface area contributed by atoms with Crippen LogP contribution in [0, 0.1) is 16.7 Å². The zero-order chi connectivity index (χ0) is 16.9. The van der Waals surface area contributed by atoms with Gasteiger partial charge < -0.3 is 4.90 Å². The first kappa shape index (κ1) is 17.5. The molecule has 0 radical (unpaired) electrons. The van der Waals surface area contributed by atoms with Crippen LogP contribution < -0.4 is 0 Å². The van der Waals surface area contributed by atoms with E-state index < -0.39 is 23.0 Å². The number of carbonyl (C=O) groups is 2. The van der Waals surface area contributed by atoms with Gasteiger partial charge in [-0.15, -0.1) is 11.6 Å². The third-order valence-electron chi connectivity index (χ3n) is 4.59. The van der Waals surface area contributed by atoms with Crippen molar-refractivity contribution in [3.8, 4) is 6.07 Å². The first-order valence-corrected chi connectivity index (χ1v) is 8.44. The quantitative estimate of drug-likeness (QED) is 0.614. The Morgan fingerprint density at radius 3 is 2.35 bits per heavy atom. The molecule has 0 saturated carbocycles. The highest BCUT2D eigenvalue weighted by Gasteiger charge is 2.52. The predicted octanol–water partition coefficient (Wildman–Crippen LogP) is 3.12. The average molecular weight is 333 g/mol. The van der Waals surface area contributed by atoms with Gasteiger partial charge in [-0.1, -0.05) is 30.3 Å². The Kier molecular flexibility index (Phi) is 5.79. The molecule has 2 unspecified atom stereocenters. The number of alkyl halides is 1. The topological polar surface area (TPSA) is 61.2 Å². The van der Waals surface area contributed by atoms with Gasteiger partial charge in [0, 0.05) is 24.9 Å². The van der Waals surface area contributed by atoms with Crippen molar-refractivity contribution in [2.24, 2.45) is 5.41 Å². The number of piperidine rings is 1. The van der Waals surface area contributed by atoms with Crippen LogP contribution >= 0.6 is 11.6 Å². The standard InChI is InChI=1S/C18H21ClN2O2/c1-14(22)18(13-20,17(23)21-10-6-3-7-11-21)16(12-19)15-8-4-2-5-9-15/h2,4-5,8-9,16H,3,6-7,10-12H2,1H3. The van der Waals surface area contributed by atoms with Crippen molar-refractivity contribution in [3.05, 3.63) is 35.9 Å². The first-order chi connectivity index (χ1) is 11.1. The van der Waals surface area contributed by atoms with Crippen LogP contribution in [-0.4, -0.2) is 35.6 Å². The summed E-state index contributed by atoms with van der Waals surface area (Å²) in [6.07, 6.45) is 2.88. The number of likely N-dealkylation sites (tertiary alicyclic amines) is 1. The largest absolute Gasteiger partial charge is 0.341 e. The molecule has 0 N–H and O–H groups in total. The number of nitriles is 1. The molecule has 2 atom stereocenters. The summed E-state index contributed by atoms with van der Waals surface area (Å²) >= 11 is 6.12. The molecule has 1 fully saturated rings. The van der Waals surface area contributed by atoms with E-state index in [1.807, 2.05) is 36.4 Å². The van der Waals surface area contributed by atoms with Crippen LogP contribution in [0.1, 0.15) is 37.7 Å². The zero-order valence-corrected chi connectivity index (χ0v) is 14.1. The van der Waals surface area contributed by atoms with Gasteiger partial charge in [-0.3, -0.25) is 9.59 Å². The van der Waals surface area contributed by atoms with Crippen molar-refractivity contribution in [3.63, 3.8) is 0 Å². The highest BCUT2D eigenvalue weighted by molar-refractivity contribution is 6.20. The zero-order valence-electron chi connectivity index (χ0n) is 13.3. The molecule has 2 rings (SSSR count). The maximum absolute atomic E-state index is 13.1. The summed E-state index contributed by atoms with van der Waals surface area (Å²) in [5.41, 5.74) is -1.01. The van der Waals surface area contributed by atoms with E-state index >= 15 is 0 Å². The van der Waals surface area contributed by atoms with Gasteiger partial charge in [0.15, 0.2) is 5.78 Å². The fourth-order valence-electron chi connectivity index (χ4n) is 3.24. The predicted molar refractivity (Wildman–Crippen MR) is 89.1 cm³/mol. The minimum absolute atomic E-state index is 0.0384.